The van der Waals surface area contributed by atoms with Crippen LogP contribution in [0.2, 0.25) is 0 Å². The summed E-state index contributed by atoms with van der Waals surface area (Å²) < 4.78 is 5.82. The Morgan fingerprint density at radius 1 is 1.15 bits per heavy atom. The molecule has 0 amide bonds. The van der Waals surface area contributed by atoms with Crippen molar-refractivity contribution < 1.29 is 14.5 Å². The number of benzene rings is 2. The molecule has 0 bridgehead atoms. The summed E-state index contributed by atoms with van der Waals surface area (Å²) in [4.78, 5) is 25.8. The molecule has 0 aromatic heterocycles. The van der Waals surface area contributed by atoms with Crippen LogP contribution in [0.3, 0.4) is 0 Å². The van der Waals surface area contributed by atoms with Gasteiger partial charge in [0.25, 0.3) is 5.69 Å². The quantitative estimate of drug-likeness (QED) is 0.333. The van der Waals surface area contributed by atoms with Gasteiger partial charge in [0, 0.05) is 50.4 Å². The Morgan fingerprint density at radius 2 is 1.89 bits per heavy atom. The van der Waals surface area contributed by atoms with Crippen LogP contribution < -0.4 is 10.1 Å². The van der Waals surface area contributed by atoms with Gasteiger partial charge in [0.15, 0.2) is 5.78 Å². The number of ether oxygens (including phenoxy) is 1. The maximum absolute atomic E-state index is 12.8. The summed E-state index contributed by atoms with van der Waals surface area (Å²) in [5.41, 5.74) is 0.573. The fourth-order valence-corrected chi connectivity index (χ4v) is 3.08. The van der Waals surface area contributed by atoms with Gasteiger partial charge in [-0.2, -0.15) is 0 Å². The third-order valence-electron chi connectivity index (χ3n) is 4.54. The average Bonchev–Trinajstić information content (AvgIpc) is 2.72. The highest BCUT2D eigenvalue weighted by molar-refractivity contribution is 6.11. The summed E-state index contributed by atoms with van der Waals surface area (Å²) in [5, 5.41) is 14.4. The van der Waals surface area contributed by atoms with Crippen LogP contribution in [0.1, 0.15) is 22.3 Å². The number of non-ortho nitro benzene ring substituents is 1. The summed E-state index contributed by atoms with van der Waals surface area (Å²) in [5.74, 6) is 0.103. The molecule has 0 spiro atoms. The second-order valence-corrected chi connectivity index (χ2v) is 6.43. The van der Waals surface area contributed by atoms with E-state index in [1.54, 1.807) is 24.3 Å². The summed E-state index contributed by atoms with van der Waals surface area (Å²) in [7, 11) is 0. The van der Waals surface area contributed by atoms with Crippen molar-refractivity contribution in [2.24, 2.45) is 0 Å². The van der Waals surface area contributed by atoms with Crippen LogP contribution in [0.25, 0.3) is 0 Å². The van der Waals surface area contributed by atoms with Crippen molar-refractivity contribution in [3.05, 3.63) is 69.8 Å². The monoisotopic (exact) mass is 369 g/mol. The van der Waals surface area contributed by atoms with Crippen molar-refractivity contribution in [1.29, 1.82) is 0 Å². The first-order valence-corrected chi connectivity index (χ1v) is 9.09. The number of piperazine rings is 1. The number of nitro benzene ring substituents is 1. The molecule has 1 saturated heterocycles. The maximum atomic E-state index is 12.8. The van der Waals surface area contributed by atoms with E-state index in [-0.39, 0.29) is 17.0 Å². The van der Waals surface area contributed by atoms with E-state index in [9.17, 15) is 14.9 Å². The summed E-state index contributed by atoms with van der Waals surface area (Å²) in [6, 6.07) is 12.9. The third kappa shape index (κ3) is 5.12. The second kappa shape index (κ2) is 9.25. The van der Waals surface area contributed by atoms with Gasteiger partial charge < -0.3 is 15.0 Å². The molecular weight excluding hydrogens is 346 g/mol. The SMILES string of the molecule is O=C(c1ccccc1)c1cc([N+](=O)[O-])ccc1OCCCN1CCNCC1. The molecule has 0 aliphatic carbocycles. The van der Waals surface area contributed by atoms with E-state index in [0.29, 0.717) is 17.9 Å². The lowest BCUT2D eigenvalue weighted by Crippen LogP contribution is -2.43. The highest BCUT2D eigenvalue weighted by Crippen LogP contribution is 2.27. The molecule has 2 aromatic carbocycles. The molecule has 142 valence electrons. The number of carbonyl (C=O) groups is 1. The Labute approximate surface area is 158 Å². The normalized spacial score (nSPS) is 14.7. The Hall–Kier alpha value is -2.77. The zero-order valence-corrected chi connectivity index (χ0v) is 15.1. The minimum Gasteiger partial charge on any atom is -0.493 e. The van der Waals surface area contributed by atoms with Crippen molar-refractivity contribution in [3.8, 4) is 5.75 Å². The number of hydrogen-bond acceptors (Lipinski definition) is 6. The van der Waals surface area contributed by atoms with Crippen molar-refractivity contribution >= 4 is 11.5 Å². The zero-order valence-electron chi connectivity index (χ0n) is 15.1. The lowest BCUT2D eigenvalue weighted by atomic mass is 10.0. The molecule has 1 heterocycles. The molecule has 3 rings (SSSR count). The number of ketones is 1. The Bertz CT molecular complexity index is 789. The number of rotatable bonds is 8. The van der Waals surface area contributed by atoms with Crippen LogP contribution >= 0.6 is 0 Å². The highest BCUT2D eigenvalue weighted by Gasteiger charge is 2.19. The van der Waals surface area contributed by atoms with Crippen LogP contribution in [0.15, 0.2) is 48.5 Å². The maximum Gasteiger partial charge on any atom is 0.270 e. The van der Waals surface area contributed by atoms with E-state index in [2.05, 4.69) is 10.2 Å². The van der Waals surface area contributed by atoms with Crippen molar-refractivity contribution in [2.75, 3.05) is 39.3 Å². The zero-order chi connectivity index (χ0) is 19.1. The van der Waals surface area contributed by atoms with Crippen molar-refractivity contribution in [1.82, 2.24) is 10.2 Å². The number of nitrogens with zero attached hydrogens (tertiary/aromatic N) is 2. The van der Waals surface area contributed by atoms with E-state index >= 15 is 0 Å². The molecule has 7 nitrogen and oxygen atoms in total. The van der Waals surface area contributed by atoms with Crippen LogP contribution in [0, 0.1) is 10.1 Å². The fourth-order valence-electron chi connectivity index (χ4n) is 3.08. The average molecular weight is 369 g/mol. The molecule has 1 aliphatic rings. The lowest BCUT2D eigenvalue weighted by molar-refractivity contribution is -0.384. The van der Waals surface area contributed by atoms with E-state index in [4.69, 9.17) is 4.74 Å². The molecule has 0 radical (unpaired) electrons. The van der Waals surface area contributed by atoms with Crippen LogP contribution in [-0.4, -0.2) is 54.9 Å². The van der Waals surface area contributed by atoms with E-state index < -0.39 is 4.92 Å². The minimum atomic E-state index is -0.504. The van der Waals surface area contributed by atoms with Gasteiger partial charge in [-0.3, -0.25) is 14.9 Å². The van der Waals surface area contributed by atoms with Gasteiger partial charge >= 0.3 is 0 Å². The molecule has 0 atom stereocenters. The van der Waals surface area contributed by atoms with Crippen LogP contribution in [0.4, 0.5) is 5.69 Å². The first kappa shape index (κ1) is 19.0. The molecule has 0 saturated carbocycles. The summed E-state index contributed by atoms with van der Waals surface area (Å²) >= 11 is 0. The van der Waals surface area contributed by atoms with Gasteiger partial charge in [-0.25, -0.2) is 0 Å². The Kier molecular flexibility index (Phi) is 6.51. The van der Waals surface area contributed by atoms with E-state index in [1.807, 2.05) is 6.07 Å². The van der Waals surface area contributed by atoms with Gasteiger partial charge in [-0.05, 0) is 12.5 Å². The smallest absolute Gasteiger partial charge is 0.270 e. The standard InChI is InChI=1S/C20H23N3O4/c24-20(16-5-2-1-3-6-16)18-15-17(23(25)26)7-8-19(18)27-14-4-11-22-12-9-21-10-13-22/h1-3,5-8,15,21H,4,9-14H2. The van der Waals surface area contributed by atoms with Crippen LogP contribution in [0.5, 0.6) is 5.75 Å². The van der Waals surface area contributed by atoms with Gasteiger partial charge in [-0.15, -0.1) is 0 Å². The van der Waals surface area contributed by atoms with Gasteiger partial charge in [0.2, 0.25) is 0 Å². The second-order valence-electron chi connectivity index (χ2n) is 6.43. The number of carbonyl (C=O) groups excluding carboxylic acids is 1. The number of hydrogen-bond donors (Lipinski definition) is 1. The first-order chi connectivity index (χ1) is 13.1. The summed E-state index contributed by atoms with van der Waals surface area (Å²) in [6.07, 6.45) is 0.829. The predicted octanol–water partition coefficient (Wildman–Crippen LogP) is 2.50. The molecule has 1 aliphatic heterocycles. The Balaban J connectivity index is 1.69. The minimum absolute atomic E-state index is 0.123. The van der Waals surface area contributed by atoms with Crippen molar-refractivity contribution in [3.63, 3.8) is 0 Å². The molecule has 1 N–H and O–H groups in total. The Morgan fingerprint density at radius 3 is 2.59 bits per heavy atom. The number of nitrogens with one attached hydrogen (secondary N) is 1. The third-order valence-corrected chi connectivity index (χ3v) is 4.54. The molecular formula is C20H23N3O4. The first-order valence-electron chi connectivity index (χ1n) is 9.09. The van der Waals surface area contributed by atoms with E-state index in [1.165, 1.54) is 18.2 Å². The summed E-state index contributed by atoms with van der Waals surface area (Å²) in [6.45, 7) is 5.43. The molecule has 7 heteroatoms. The predicted molar refractivity (Wildman–Crippen MR) is 102 cm³/mol. The van der Waals surface area contributed by atoms with Gasteiger partial charge in [0.05, 0.1) is 17.1 Å². The molecule has 2 aromatic rings. The van der Waals surface area contributed by atoms with Gasteiger partial charge in [-0.1, -0.05) is 30.3 Å². The number of nitro groups is 1. The van der Waals surface area contributed by atoms with Gasteiger partial charge in [0.1, 0.15) is 5.75 Å². The van der Waals surface area contributed by atoms with E-state index in [0.717, 1.165) is 39.1 Å². The lowest BCUT2D eigenvalue weighted by Gasteiger charge is -2.27. The molecule has 1 fully saturated rings. The largest absolute Gasteiger partial charge is 0.493 e. The van der Waals surface area contributed by atoms with Crippen molar-refractivity contribution in [2.45, 2.75) is 6.42 Å². The topological polar surface area (TPSA) is 84.7 Å². The van der Waals surface area contributed by atoms with Crippen LogP contribution in [-0.2, 0) is 0 Å². The molecule has 0 unspecified atom stereocenters. The fraction of sp³-hybridized carbons (Fsp3) is 0.350. The molecule has 27 heavy (non-hydrogen) atoms. The highest BCUT2D eigenvalue weighted by atomic mass is 16.6.